The van der Waals surface area contributed by atoms with Crippen molar-refractivity contribution in [2.24, 2.45) is 5.92 Å². The quantitative estimate of drug-likeness (QED) is 0.496. The van der Waals surface area contributed by atoms with E-state index in [2.05, 4.69) is 0 Å². The Hall–Kier alpha value is -2.96. The molecule has 1 saturated carbocycles. The maximum Gasteiger partial charge on any atom is 0.178 e. The van der Waals surface area contributed by atoms with Gasteiger partial charge in [0.1, 0.15) is 11.5 Å². The molecule has 3 aromatic carbocycles. The van der Waals surface area contributed by atoms with E-state index in [1.165, 1.54) is 0 Å². The molecule has 0 bridgehead atoms. The fourth-order valence-electron chi connectivity index (χ4n) is 4.59. The number of rotatable bonds is 7. The molecule has 1 fully saturated rings. The van der Waals surface area contributed by atoms with Crippen LogP contribution in [0.5, 0.6) is 5.75 Å². The molecular formula is C28H28O5S. The number of aliphatic hydroxyl groups is 1. The molecule has 5 rings (SSSR count). The van der Waals surface area contributed by atoms with Crippen molar-refractivity contribution in [2.45, 2.75) is 37.0 Å². The first-order valence-electron chi connectivity index (χ1n) is 11.6. The molecule has 34 heavy (non-hydrogen) atoms. The smallest absolute Gasteiger partial charge is 0.178 e. The summed E-state index contributed by atoms with van der Waals surface area (Å²) in [5.41, 5.74) is 3.68. The van der Waals surface area contributed by atoms with Crippen LogP contribution >= 0.6 is 0 Å². The van der Waals surface area contributed by atoms with Crippen molar-refractivity contribution in [3.8, 4) is 16.9 Å². The number of ether oxygens (including phenoxy) is 1. The number of hydrogen-bond donors (Lipinski definition) is 1. The van der Waals surface area contributed by atoms with Crippen molar-refractivity contribution in [1.29, 1.82) is 0 Å². The molecule has 3 aromatic rings. The second-order valence-corrected chi connectivity index (χ2v) is 12.1. The lowest BCUT2D eigenvalue weighted by Crippen LogP contribution is -2.28. The van der Waals surface area contributed by atoms with E-state index in [0.29, 0.717) is 42.7 Å². The third kappa shape index (κ3) is 4.28. The summed E-state index contributed by atoms with van der Waals surface area (Å²) in [6, 6.07) is 22.6. The van der Waals surface area contributed by atoms with Crippen LogP contribution in [0.25, 0.3) is 11.1 Å². The van der Waals surface area contributed by atoms with Crippen LogP contribution in [0.2, 0.25) is 0 Å². The Labute approximate surface area is 200 Å². The molecule has 6 heteroatoms. The molecule has 0 spiro atoms. The average Bonchev–Trinajstić information content (AvgIpc) is 3.60. The molecule has 0 amide bonds. The van der Waals surface area contributed by atoms with Gasteiger partial charge in [-0.1, -0.05) is 66.7 Å². The molecule has 176 valence electrons. The zero-order valence-electron chi connectivity index (χ0n) is 19.1. The Kier molecular flexibility index (Phi) is 5.82. The van der Waals surface area contributed by atoms with E-state index in [-0.39, 0.29) is 5.92 Å². The van der Waals surface area contributed by atoms with Crippen LogP contribution in [-0.2, 0) is 16.3 Å². The highest BCUT2D eigenvalue weighted by Gasteiger charge is 2.50. The van der Waals surface area contributed by atoms with Crippen LogP contribution in [0.4, 0.5) is 0 Å². The van der Waals surface area contributed by atoms with Gasteiger partial charge in [0.05, 0.1) is 17.5 Å². The van der Waals surface area contributed by atoms with Crippen molar-refractivity contribution in [3.63, 3.8) is 0 Å². The lowest BCUT2D eigenvalue weighted by molar-refractivity contribution is 0.0508. The lowest BCUT2D eigenvalue weighted by Gasteiger charge is -2.31. The van der Waals surface area contributed by atoms with Crippen LogP contribution in [0, 0.1) is 5.92 Å². The molecule has 1 aliphatic heterocycles. The molecule has 1 heterocycles. The van der Waals surface area contributed by atoms with Gasteiger partial charge in [0.25, 0.3) is 0 Å². The van der Waals surface area contributed by atoms with Gasteiger partial charge in [-0.15, -0.1) is 0 Å². The number of aliphatic hydroxyl groups excluding tert-OH is 1. The van der Waals surface area contributed by atoms with E-state index in [1.807, 2.05) is 60.7 Å². The zero-order chi connectivity index (χ0) is 23.9. The summed E-state index contributed by atoms with van der Waals surface area (Å²) in [5, 5.41) is 11.0. The molecule has 2 aliphatic rings. The fourth-order valence-corrected chi connectivity index (χ4v) is 6.16. The normalized spacial score (nSPS) is 20.8. The topological polar surface area (TPSA) is 80.7 Å². The summed E-state index contributed by atoms with van der Waals surface area (Å²) in [4.78, 5) is 13.0. The SMILES string of the molecule is CC1(S(=O)(=O)CC(=O)c2ccccc2-c2ccc3c(c2)OC[C@H](Cc2ccccc2)[C@H]3O)CC1. The lowest BCUT2D eigenvalue weighted by atomic mass is 9.87. The minimum atomic E-state index is -3.49. The van der Waals surface area contributed by atoms with E-state index >= 15 is 0 Å². The molecule has 0 radical (unpaired) electrons. The Bertz CT molecular complexity index is 1330. The van der Waals surface area contributed by atoms with E-state index in [4.69, 9.17) is 4.74 Å². The van der Waals surface area contributed by atoms with Crippen molar-refractivity contribution < 1.29 is 23.1 Å². The molecule has 2 atom stereocenters. The Morgan fingerprint density at radius 3 is 2.47 bits per heavy atom. The van der Waals surface area contributed by atoms with Gasteiger partial charge in [0.2, 0.25) is 0 Å². The van der Waals surface area contributed by atoms with Gasteiger partial charge in [-0.25, -0.2) is 8.42 Å². The number of Topliss-reactive ketones (excluding diaryl/α,β-unsaturated/α-hetero) is 1. The van der Waals surface area contributed by atoms with E-state index in [1.54, 1.807) is 19.1 Å². The second kappa shape index (κ2) is 8.67. The number of sulfone groups is 1. The van der Waals surface area contributed by atoms with Crippen molar-refractivity contribution in [3.05, 3.63) is 89.5 Å². The highest BCUT2D eigenvalue weighted by molar-refractivity contribution is 7.93. The predicted octanol–water partition coefficient (Wildman–Crippen LogP) is 4.79. The molecule has 5 nitrogen and oxygen atoms in total. The maximum atomic E-state index is 13.0. The summed E-state index contributed by atoms with van der Waals surface area (Å²) in [6.07, 6.45) is 1.29. The summed E-state index contributed by atoms with van der Waals surface area (Å²) in [5.74, 6) is -0.342. The molecule has 0 aromatic heterocycles. The van der Waals surface area contributed by atoms with E-state index in [0.717, 1.165) is 16.7 Å². The third-order valence-electron chi connectivity index (χ3n) is 7.14. The number of fused-ring (bicyclic) bond motifs is 1. The molecule has 1 aliphatic carbocycles. The van der Waals surface area contributed by atoms with Crippen molar-refractivity contribution in [2.75, 3.05) is 12.4 Å². The molecule has 0 saturated heterocycles. The first kappa shape index (κ1) is 22.8. The van der Waals surface area contributed by atoms with Crippen LogP contribution in [-0.4, -0.2) is 36.4 Å². The van der Waals surface area contributed by atoms with Crippen LogP contribution in [0.3, 0.4) is 0 Å². The third-order valence-corrected chi connectivity index (χ3v) is 9.69. The summed E-state index contributed by atoms with van der Waals surface area (Å²) >= 11 is 0. The van der Waals surface area contributed by atoms with Gasteiger partial charge in [0.15, 0.2) is 15.6 Å². The highest BCUT2D eigenvalue weighted by atomic mass is 32.2. The Morgan fingerprint density at radius 2 is 1.74 bits per heavy atom. The Morgan fingerprint density at radius 1 is 1.03 bits per heavy atom. The van der Waals surface area contributed by atoms with Gasteiger partial charge in [-0.05, 0) is 48.9 Å². The number of benzene rings is 3. The average molecular weight is 477 g/mol. The van der Waals surface area contributed by atoms with Crippen molar-refractivity contribution >= 4 is 15.6 Å². The summed E-state index contributed by atoms with van der Waals surface area (Å²) in [7, 11) is -3.49. The number of carbonyl (C=O) groups excluding carboxylic acids is 1. The van der Waals surface area contributed by atoms with Crippen LogP contribution in [0.15, 0.2) is 72.8 Å². The summed E-state index contributed by atoms with van der Waals surface area (Å²) in [6.45, 7) is 2.10. The zero-order valence-corrected chi connectivity index (χ0v) is 19.9. The first-order valence-corrected chi connectivity index (χ1v) is 13.3. The molecule has 0 unspecified atom stereocenters. The molecular weight excluding hydrogens is 448 g/mol. The van der Waals surface area contributed by atoms with E-state index in [9.17, 15) is 18.3 Å². The fraction of sp³-hybridized carbons (Fsp3) is 0.321. The minimum Gasteiger partial charge on any atom is -0.493 e. The standard InChI is InChI=1S/C28H28O5S/c1-28(13-14-28)34(31,32)18-25(29)23-10-6-5-9-22(23)20-11-12-24-26(16-20)33-17-21(27(24)30)15-19-7-3-2-4-8-19/h2-12,16,21,27,30H,13-15,17-18H2,1H3/t21-,27+/m0/s1. The van der Waals surface area contributed by atoms with Gasteiger partial charge < -0.3 is 9.84 Å². The minimum absolute atomic E-state index is 0.0522. The largest absolute Gasteiger partial charge is 0.493 e. The molecule has 1 N–H and O–H groups in total. The predicted molar refractivity (Wildman–Crippen MR) is 132 cm³/mol. The Balaban J connectivity index is 1.40. The second-order valence-electron chi connectivity index (χ2n) is 9.64. The van der Waals surface area contributed by atoms with Gasteiger partial charge in [0, 0.05) is 17.0 Å². The van der Waals surface area contributed by atoms with E-state index < -0.39 is 32.2 Å². The maximum absolute atomic E-state index is 13.0. The number of carbonyl (C=O) groups is 1. The van der Waals surface area contributed by atoms with Gasteiger partial charge in [-0.2, -0.15) is 0 Å². The number of hydrogen-bond acceptors (Lipinski definition) is 5. The van der Waals surface area contributed by atoms with Gasteiger partial charge in [-0.3, -0.25) is 4.79 Å². The van der Waals surface area contributed by atoms with Crippen molar-refractivity contribution in [1.82, 2.24) is 0 Å². The highest BCUT2D eigenvalue weighted by Crippen LogP contribution is 2.44. The van der Waals surface area contributed by atoms with Crippen LogP contribution < -0.4 is 4.74 Å². The summed E-state index contributed by atoms with van der Waals surface area (Å²) < 4.78 is 30.6. The first-order chi connectivity index (χ1) is 16.3. The van der Waals surface area contributed by atoms with Crippen LogP contribution in [0.1, 0.15) is 47.4 Å². The van der Waals surface area contributed by atoms with Gasteiger partial charge >= 0.3 is 0 Å². The monoisotopic (exact) mass is 476 g/mol. The number of ketones is 1.